The van der Waals surface area contributed by atoms with Crippen LogP contribution in [0, 0.1) is 10.1 Å². The molecule has 0 bridgehead atoms. The Morgan fingerprint density at radius 1 is 1.50 bits per heavy atom. The van der Waals surface area contributed by atoms with Crippen molar-refractivity contribution < 1.29 is 9.72 Å². The van der Waals surface area contributed by atoms with E-state index in [-0.39, 0.29) is 18.1 Å². The molecule has 1 rings (SSSR count). The van der Waals surface area contributed by atoms with Crippen LogP contribution in [0.15, 0.2) is 18.2 Å². The van der Waals surface area contributed by atoms with E-state index >= 15 is 0 Å². The van der Waals surface area contributed by atoms with E-state index in [1.54, 1.807) is 13.1 Å². The fourth-order valence-electron chi connectivity index (χ4n) is 1.77. The number of hydrogen-bond acceptors (Lipinski definition) is 6. The van der Waals surface area contributed by atoms with Crippen LogP contribution >= 0.6 is 0 Å². The van der Waals surface area contributed by atoms with Gasteiger partial charge in [-0.3, -0.25) is 25.7 Å². The number of nitrogen functional groups attached to an aromatic ring is 1. The van der Waals surface area contributed by atoms with Crippen molar-refractivity contribution in [2.45, 2.75) is 13.5 Å². The summed E-state index contributed by atoms with van der Waals surface area (Å²) in [6, 6.07) is 4.40. The number of amides is 1. The molecule has 0 saturated carbocycles. The van der Waals surface area contributed by atoms with Crippen molar-refractivity contribution in [1.82, 2.24) is 10.2 Å². The number of rotatable bonds is 7. The van der Waals surface area contributed by atoms with E-state index in [1.807, 2.05) is 11.8 Å². The maximum Gasteiger partial charge on any atom is 0.269 e. The summed E-state index contributed by atoms with van der Waals surface area (Å²) in [7, 11) is 1.57. The summed E-state index contributed by atoms with van der Waals surface area (Å²) in [6.07, 6.45) is 0. The summed E-state index contributed by atoms with van der Waals surface area (Å²) in [5, 5.41) is 13.4. The summed E-state index contributed by atoms with van der Waals surface area (Å²) in [6.45, 7) is 3.17. The fourth-order valence-corrected chi connectivity index (χ4v) is 1.77. The first-order valence-electron chi connectivity index (χ1n) is 6.18. The topological polar surface area (TPSA) is 114 Å². The number of anilines is 1. The van der Waals surface area contributed by atoms with Gasteiger partial charge in [0, 0.05) is 25.7 Å². The van der Waals surface area contributed by atoms with Crippen molar-refractivity contribution in [1.29, 1.82) is 0 Å². The third-order valence-electron chi connectivity index (χ3n) is 2.94. The van der Waals surface area contributed by atoms with E-state index < -0.39 is 4.92 Å². The highest BCUT2D eigenvalue weighted by atomic mass is 16.6. The molecular formula is C12H19N5O3. The number of nitro groups is 1. The van der Waals surface area contributed by atoms with Gasteiger partial charge in [-0.2, -0.15) is 0 Å². The molecule has 1 aromatic carbocycles. The van der Waals surface area contributed by atoms with Gasteiger partial charge in [0.15, 0.2) is 0 Å². The van der Waals surface area contributed by atoms with Gasteiger partial charge in [-0.25, -0.2) is 0 Å². The highest BCUT2D eigenvalue weighted by molar-refractivity contribution is 5.77. The van der Waals surface area contributed by atoms with Gasteiger partial charge in [0.1, 0.15) is 0 Å². The Morgan fingerprint density at radius 3 is 2.70 bits per heavy atom. The Morgan fingerprint density at radius 2 is 2.20 bits per heavy atom. The quantitative estimate of drug-likeness (QED) is 0.380. The number of hydrazine groups is 1. The van der Waals surface area contributed by atoms with Crippen molar-refractivity contribution in [2.75, 3.05) is 25.6 Å². The van der Waals surface area contributed by atoms with Gasteiger partial charge in [-0.05, 0) is 18.2 Å². The van der Waals surface area contributed by atoms with Gasteiger partial charge < -0.3 is 10.7 Å². The number of likely N-dealkylation sites (N-methyl/N-ethyl adjacent to an activating group) is 2. The van der Waals surface area contributed by atoms with Crippen LogP contribution in [-0.2, 0) is 11.3 Å². The maximum atomic E-state index is 11.4. The van der Waals surface area contributed by atoms with E-state index in [9.17, 15) is 14.9 Å². The first-order valence-corrected chi connectivity index (χ1v) is 6.18. The van der Waals surface area contributed by atoms with Crippen LogP contribution in [0.4, 0.5) is 11.4 Å². The van der Waals surface area contributed by atoms with Gasteiger partial charge in [-0.15, -0.1) is 0 Å². The normalized spacial score (nSPS) is 10.4. The monoisotopic (exact) mass is 281 g/mol. The second-order valence-electron chi connectivity index (χ2n) is 4.22. The SMILES string of the molecule is CCN(CC(=O)NC)Cc1cc([N+](=O)[O-])ccc1NN. The first kappa shape index (κ1) is 15.9. The summed E-state index contributed by atoms with van der Waals surface area (Å²) < 4.78 is 0. The van der Waals surface area contributed by atoms with Gasteiger partial charge in [0.05, 0.1) is 17.2 Å². The second-order valence-corrected chi connectivity index (χ2v) is 4.22. The van der Waals surface area contributed by atoms with Gasteiger partial charge in [0.2, 0.25) is 5.91 Å². The third kappa shape index (κ3) is 4.18. The summed E-state index contributed by atoms with van der Waals surface area (Å²) >= 11 is 0. The zero-order chi connectivity index (χ0) is 15.1. The molecule has 1 amide bonds. The molecule has 0 aliphatic heterocycles. The Balaban J connectivity index is 2.95. The predicted octanol–water partition coefficient (Wildman–Crippen LogP) is 0.448. The zero-order valence-electron chi connectivity index (χ0n) is 11.5. The van der Waals surface area contributed by atoms with Crippen LogP contribution in [0.25, 0.3) is 0 Å². The van der Waals surface area contributed by atoms with E-state index in [1.165, 1.54) is 12.1 Å². The lowest BCUT2D eigenvalue weighted by atomic mass is 10.1. The predicted molar refractivity (Wildman–Crippen MR) is 75.9 cm³/mol. The molecule has 8 nitrogen and oxygen atoms in total. The number of non-ortho nitro benzene ring substituents is 1. The van der Waals surface area contributed by atoms with Crippen molar-refractivity contribution in [3.63, 3.8) is 0 Å². The number of nitrogens with one attached hydrogen (secondary N) is 2. The first-order chi connectivity index (χ1) is 9.51. The van der Waals surface area contributed by atoms with Crippen LogP contribution in [0.3, 0.4) is 0 Å². The molecule has 0 aliphatic rings. The van der Waals surface area contributed by atoms with Gasteiger partial charge >= 0.3 is 0 Å². The number of benzene rings is 1. The molecule has 0 atom stereocenters. The van der Waals surface area contributed by atoms with Gasteiger partial charge in [0.25, 0.3) is 5.69 Å². The van der Waals surface area contributed by atoms with Crippen LogP contribution in [0.1, 0.15) is 12.5 Å². The third-order valence-corrected chi connectivity index (χ3v) is 2.94. The molecule has 4 N–H and O–H groups in total. The molecule has 0 radical (unpaired) electrons. The Bertz CT molecular complexity index is 492. The smallest absolute Gasteiger partial charge is 0.269 e. The summed E-state index contributed by atoms with van der Waals surface area (Å²) in [5.41, 5.74) is 3.78. The molecule has 0 unspecified atom stereocenters. The second kappa shape index (κ2) is 7.41. The van der Waals surface area contributed by atoms with E-state index in [0.29, 0.717) is 24.3 Å². The van der Waals surface area contributed by atoms with Crippen LogP contribution in [0.2, 0.25) is 0 Å². The van der Waals surface area contributed by atoms with Crippen LogP contribution in [-0.4, -0.2) is 35.9 Å². The molecule has 0 heterocycles. The van der Waals surface area contributed by atoms with Crippen molar-refractivity contribution in [2.24, 2.45) is 5.84 Å². The summed E-state index contributed by atoms with van der Waals surface area (Å²) in [4.78, 5) is 23.6. The molecule has 0 aromatic heterocycles. The lowest BCUT2D eigenvalue weighted by molar-refractivity contribution is -0.384. The number of carbonyl (C=O) groups is 1. The Hall–Kier alpha value is -2.19. The molecule has 110 valence electrons. The Labute approximate surface area is 117 Å². The minimum Gasteiger partial charge on any atom is -0.358 e. The molecule has 0 spiro atoms. The standard InChI is InChI=1S/C12H19N5O3/c1-3-16(8-12(18)14-2)7-9-6-10(17(19)20)4-5-11(9)15-13/h4-6,15H,3,7-8,13H2,1-2H3,(H,14,18). The number of nitro benzene ring substituents is 1. The number of nitrogens with zero attached hydrogens (tertiary/aromatic N) is 2. The molecule has 0 fully saturated rings. The average molecular weight is 281 g/mol. The lowest BCUT2D eigenvalue weighted by Crippen LogP contribution is -2.35. The number of nitrogens with two attached hydrogens (primary N) is 1. The summed E-state index contributed by atoms with van der Waals surface area (Å²) in [5.74, 6) is 5.29. The average Bonchev–Trinajstić information content (AvgIpc) is 2.45. The number of hydrogen-bond donors (Lipinski definition) is 3. The van der Waals surface area contributed by atoms with Crippen molar-refractivity contribution in [3.05, 3.63) is 33.9 Å². The molecular weight excluding hydrogens is 262 g/mol. The van der Waals surface area contributed by atoms with Gasteiger partial charge in [-0.1, -0.05) is 6.92 Å². The van der Waals surface area contributed by atoms with E-state index in [0.717, 1.165) is 0 Å². The highest BCUT2D eigenvalue weighted by Gasteiger charge is 2.14. The minimum absolute atomic E-state index is 0.00463. The van der Waals surface area contributed by atoms with E-state index in [4.69, 9.17) is 5.84 Å². The van der Waals surface area contributed by atoms with Crippen LogP contribution in [0.5, 0.6) is 0 Å². The minimum atomic E-state index is -0.459. The molecule has 8 heteroatoms. The number of carbonyl (C=O) groups excluding carboxylic acids is 1. The molecule has 1 aromatic rings. The van der Waals surface area contributed by atoms with Crippen molar-refractivity contribution >= 4 is 17.3 Å². The largest absolute Gasteiger partial charge is 0.358 e. The maximum absolute atomic E-state index is 11.4. The zero-order valence-corrected chi connectivity index (χ0v) is 11.5. The van der Waals surface area contributed by atoms with E-state index in [2.05, 4.69) is 10.7 Å². The molecule has 0 aliphatic carbocycles. The fraction of sp³-hybridized carbons (Fsp3) is 0.417. The highest BCUT2D eigenvalue weighted by Crippen LogP contribution is 2.22. The molecule has 0 saturated heterocycles. The lowest BCUT2D eigenvalue weighted by Gasteiger charge is -2.20. The van der Waals surface area contributed by atoms with Crippen molar-refractivity contribution in [3.8, 4) is 0 Å². The Kier molecular flexibility index (Phi) is 5.88. The molecule has 20 heavy (non-hydrogen) atoms. The van der Waals surface area contributed by atoms with Crippen LogP contribution < -0.4 is 16.6 Å².